The first-order chi connectivity index (χ1) is 15.7. The summed E-state index contributed by atoms with van der Waals surface area (Å²) in [6.07, 6.45) is 4.09. The van der Waals surface area contributed by atoms with Gasteiger partial charge in [0.2, 0.25) is 0 Å². The van der Waals surface area contributed by atoms with E-state index in [-0.39, 0.29) is 0 Å². The van der Waals surface area contributed by atoms with Gasteiger partial charge in [-0.25, -0.2) is 9.97 Å². The molecule has 0 bridgehead atoms. The minimum atomic E-state index is 0.479. The second-order valence-corrected chi connectivity index (χ2v) is 8.63. The molecule has 7 nitrogen and oxygen atoms in total. The Hall–Kier alpha value is -3.16. The van der Waals surface area contributed by atoms with Gasteiger partial charge in [0.05, 0.1) is 22.2 Å². The summed E-state index contributed by atoms with van der Waals surface area (Å²) in [6, 6.07) is 17.1. The molecular weight excluding hydrogens is 400 g/mol. The Balaban J connectivity index is 1.44. The Bertz CT molecular complexity index is 1210. The van der Waals surface area contributed by atoms with Gasteiger partial charge in [-0.15, -0.1) is 0 Å². The van der Waals surface area contributed by atoms with Gasteiger partial charge in [-0.05, 0) is 70.4 Å². The standard InChI is InChI=1S/C25H30N6O/c1-30(2)14-15-32-20-7-8-23-22(16-20)27-17-31(23)24-9-6-18-4-3-5-21(25(18)29-24)28-19-10-12-26-13-11-19/h3-9,16-17,19,26,28H,10-15H2,1-2H3. The van der Waals surface area contributed by atoms with Gasteiger partial charge in [-0.3, -0.25) is 4.57 Å². The van der Waals surface area contributed by atoms with Crippen molar-refractivity contribution in [3.8, 4) is 11.6 Å². The van der Waals surface area contributed by atoms with Gasteiger partial charge in [0.15, 0.2) is 0 Å². The number of ether oxygens (including phenoxy) is 1. The summed E-state index contributed by atoms with van der Waals surface area (Å²) in [5.74, 6) is 1.70. The zero-order chi connectivity index (χ0) is 21.9. The molecule has 0 atom stereocenters. The summed E-state index contributed by atoms with van der Waals surface area (Å²) in [4.78, 5) is 11.7. The van der Waals surface area contributed by atoms with E-state index in [1.807, 2.05) is 37.1 Å². The summed E-state index contributed by atoms with van der Waals surface area (Å²) >= 11 is 0. The number of para-hydroxylation sites is 1. The fraction of sp³-hybridized carbons (Fsp3) is 0.360. The predicted molar refractivity (Wildman–Crippen MR) is 130 cm³/mol. The number of hydrogen-bond acceptors (Lipinski definition) is 6. The number of fused-ring (bicyclic) bond motifs is 2. The molecule has 5 rings (SSSR count). The van der Waals surface area contributed by atoms with Gasteiger partial charge >= 0.3 is 0 Å². The molecule has 32 heavy (non-hydrogen) atoms. The molecule has 1 aliphatic heterocycles. The van der Waals surface area contributed by atoms with Crippen LogP contribution in [0.5, 0.6) is 5.75 Å². The second-order valence-electron chi connectivity index (χ2n) is 8.63. The number of likely N-dealkylation sites (N-methyl/N-ethyl adjacent to an activating group) is 1. The fourth-order valence-electron chi connectivity index (χ4n) is 4.18. The number of piperidine rings is 1. The van der Waals surface area contributed by atoms with Crippen LogP contribution in [0.2, 0.25) is 0 Å². The van der Waals surface area contributed by atoms with Crippen molar-refractivity contribution in [1.29, 1.82) is 0 Å². The van der Waals surface area contributed by atoms with Gasteiger partial charge < -0.3 is 20.3 Å². The molecule has 0 spiro atoms. The quantitative estimate of drug-likeness (QED) is 0.466. The molecule has 1 aliphatic rings. The van der Waals surface area contributed by atoms with E-state index < -0.39 is 0 Å². The predicted octanol–water partition coefficient (Wildman–Crippen LogP) is 3.68. The summed E-state index contributed by atoms with van der Waals surface area (Å²) < 4.78 is 7.91. The number of anilines is 1. The Labute approximate surface area is 188 Å². The van der Waals surface area contributed by atoms with Gasteiger partial charge in [-0.1, -0.05) is 12.1 Å². The van der Waals surface area contributed by atoms with Crippen LogP contribution in [0.4, 0.5) is 5.69 Å². The summed E-state index contributed by atoms with van der Waals surface area (Å²) in [5, 5.41) is 8.28. The van der Waals surface area contributed by atoms with Crippen LogP contribution < -0.4 is 15.4 Å². The lowest BCUT2D eigenvalue weighted by Crippen LogP contribution is -2.35. The van der Waals surface area contributed by atoms with Gasteiger partial charge in [0, 0.05) is 24.0 Å². The third-order valence-corrected chi connectivity index (χ3v) is 5.98. The highest BCUT2D eigenvalue weighted by Gasteiger charge is 2.15. The van der Waals surface area contributed by atoms with Gasteiger partial charge in [0.1, 0.15) is 24.5 Å². The number of hydrogen-bond donors (Lipinski definition) is 2. The highest BCUT2D eigenvalue weighted by atomic mass is 16.5. The van der Waals surface area contributed by atoms with Gasteiger partial charge in [0.25, 0.3) is 0 Å². The van der Waals surface area contributed by atoms with E-state index in [9.17, 15) is 0 Å². The maximum absolute atomic E-state index is 5.87. The Kier molecular flexibility index (Phi) is 5.92. The van der Waals surface area contributed by atoms with Crippen LogP contribution >= 0.6 is 0 Å². The molecule has 4 aromatic rings. The monoisotopic (exact) mass is 430 g/mol. The molecule has 2 N–H and O–H groups in total. The molecule has 0 aliphatic carbocycles. The Morgan fingerprint density at radius 1 is 1.12 bits per heavy atom. The molecule has 2 aromatic carbocycles. The van der Waals surface area contributed by atoms with E-state index >= 15 is 0 Å². The highest BCUT2D eigenvalue weighted by Crippen LogP contribution is 2.27. The molecule has 1 saturated heterocycles. The van der Waals surface area contributed by atoms with Crippen LogP contribution in [0.25, 0.3) is 27.8 Å². The molecule has 0 saturated carbocycles. The maximum Gasteiger partial charge on any atom is 0.139 e. The molecule has 0 unspecified atom stereocenters. The zero-order valence-electron chi connectivity index (χ0n) is 18.7. The van der Waals surface area contributed by atoms with Crippen LogP contribution in [0.3, 0.4) is 0 Å². The van der Waals surface area contributed by atoms with Crippen molar-refractivity contribution in [2.24, 2.45) is 0 Å². The summed E-state index contributed by atoms with van der Waals surface area (Å²) in [5.41, 5.74) is 4.00. The normalized spacial score (nSPS) is 15.0. The fourth-order valence-corrected chi connectivity index (χ4v) is 4.18. The minimum absolute atomic E-state index is 0.479. The highest BCUT2D eigenvalue weighted by molar-refractivity contribution is 5.91. The molecular formula is C25H30N6O. The number of rotatable bonds is 7. The lowest BCUT2D eigenvalue weighted by atomic mass is 10.1. The smallest absolute Gasteiger partial charge is 0.139 e. The zero-order valence-corrected chi connectivity index (χ0v) is 18.7. The van der Waals surface area contributed by atoms with Crippen molar-refractivity contribution in [3.63, 3.8) is 0 Å². The van der Waals surface area contributed by atoms with Crippen molar-refractivity contribution in [3.05, 3.63) is 54.9 Å². The molecule has 2 aromatic heterocycles. The van der Waals surface area contributed by atoms with E-state index in [0.717, 1.165) is 71.7 Å². The lowest BCUT2D eigenvalue weighted by Gasteiger charge is -2.25. The van der Waals surface area contributed by atoms with Crippen LogP contribution in [0, 0.1) is 0 Å². The number of benzene rings is 2. The average molecular weight is 431 g/mol. The third-order valence-electron chi connectivity index (χ3n) is 5.98. The van der Waals surface area contributed by atoms with Gasteiger partial charge in [-0.2, -0.15) is 0 Å². The number of nitrogens with one attached hydrogen (secondary N) is 2. The van der Waals surface area contributed by atoms with Crippen molar-refractivity contribution in [1.82, 2.24) is 24.8 Å². The van der Waals surface area contributed by atoms with Crippen LogP contribution in [-0.4, -0.2) is 65.8 Å². The Morgan fingerprint density at radius 3 is 2.84 bits per heavy atom. The third kappa shape index (κ3) is 4.40. The number of aromatic nitrogens is 3. The molecule has 1 fully saturated rings. The van der Waals surface area contributed by atoms with E-state index in [2.05, 4.69) is 56.9 Å². The summed E-state index contributed by atoms with van der Waals surface area (Å²) in [6.45, 7) is 3.64. The number of nitrogens with zero attached hydrogens (tertiary/aromatic N) is 4. The second kappa shape index (κ2) is 9.14. The maximum atomic E-state index is 5.87. The molecule has 3 heterocycles. The van der Waals surface area contributed by atoms with Crippen molar-refractivity contribution in [2.45, 2.75) is 18.9 Å². The molecule has 0 radical (unpaired) electrons. The van der Waals surface area contributed by atoms with E-state index in [1.165, 1.54) is 0 Å². The first kappa shape index (κ1) is 20.7. The van der Waals surface area contributed by atoms with Crippen molar-refractivity contribution in [2.75, 3.05) is 45.7 Å². The Morgan fingerprint density at radius 2 is 2.00 bits per heavy atom. The molecule has 7 heteroatoms. The average Bonchev–Trinajstić information content (AvgIpc) is 3.23. The van der Waals surface area contributed by atoms with E-state index in [1.54, 1.807) is 0 Å². The van der Waals surface area contributed by atoms with E-state index in [0.29, 0.717) is 12.6 Å². The topological polar surface area (TPSA) is 67.2 Å². The minimum Gasteiger partial charge on any atom is -0.492 e. The van der Waals surface area contributed by atoms with E-state index in [4.69, 9.17) is 9.72 Å². The van der Waals surface area contributed by atoms with Crippen LogP contribution in [0.1, 0.15) is 12.8 Å². The molecule has 166 valence electrons. The molecule has 0 amide bonds. The van der Waals surface area contributed by atoms with Crippen LogP contribution in [-0.2, 0) is 0 Å². The SMILES string of the molecule is CN(C)CCOc1ccc2c(c1)ncn2-c1ccc2cccc(NC3CCNCC3)c2n1. The number of pyridine rings is 1. The van der Waals surface area contributed by atoms with Crippen molar-refractivity contribution < 1.29 is 4.74 Å². The lowest BCUT2D eigenvalue weighted by molar-refractivity contribution is 0.261. The summed E-state index contributed by atoms with van der Waals surface area (Å²) in [7, 11) is 4.08. The first-order valence-electron chi connectivity index (χ1n) is 11.3. The largest absolute Gasteiger partial charge is 0.492 e. The first-order valence-corrected chi connectivity index (χ1v) is 11.3. The van der Waals surface area contributed by atoms with Crippen molar-refractivity contribution >= 4 is 27.6 Å². The number of imidazole rings is 1. The van der Waals surface area contributed by atoms with Crippen LogP contribution in [0.15, 0.2) is 54.9 Å².